The summed E-state index contributed by atoms with van der Waals surface area (Å²) in [5.41, 5.74) is 0. The maximum Gasteiger partial charge on any atom is 0.327 e. The molecule has 6 heteroatoms. The van der Waals surface area contributed by atoms with Gasteiger partial charge < -0.3 is 10.2 Å². The number of nitrogens with one attached hydrogen (secondary N) is 1. The molecule has 0 unspecified atom stereocenters. The summed E-state index contributed by atoms with van der Waals surface area (Å²) in [6, 6.07) is 3.91. The van der Waals surface area contributed by atoms with Crippen LogP contribution in [0.4, 0.5) is 4.79 Å². The molecule has 124 valence electrons. The third kappa shape index (κ3) is 2.68. The van der Waals surface area contributed by atoms with Crippen LogP contribution < -0.4 is 5.32 Å². The van der Waals surface area contributed by atoms with Crippen molar-refractivity contribution in [3.05, 3.63) is 22.4 Å². The minimum absolute atomic E-state index is 0.00632. The van der Waals surface area contributed by atoms with E-state index in [4.69, 9.17) is 0 Å². The number of urea groups is 1. The highest BCUT2D eigenvalue weighted by atomic mass is 32.1. The molecule has 1 aromatic rings. The van der Waals surface area contributed by atoms with Crippen molar-refractivity contribution in [2.24, 2.45) is 0 Å². The molecule has 23 heavy (non-hydrogen) atoms. The number of carbonyl (C=O) groups is 2. The van der Waals surface area contributed by atoms with Crippen molar-refractivity contribution in [3.63, 3.8) is 0 Å². The zero-order valence-electron chi connectivity index (χ0n) is 13.2. The zero-order valence-corrected chi connectivity index (χ0v) is 14.1. The predicted molar refractivity (Wildman–Crippen MR) is 89.2 cm³/mol. The maximum absolute atomic E-state index is 13.1. The van der Waals surface area contributed by atoms with Crippen LogP contribution in [0.1, 0.15) is 43.4 Å². The van der Waals surface area contributed by atoms with E-state index < -0.39 is 0 Å². The number of thiophene rings is 1. The van der Waals surface area contributed by atoms with E-state index in [9.17, 15) is 9.59 Å². The molecule has 2 atom stereocenters. The number of imide groups is 1. The monoisotopic (exact) mass is 333 g/mol. The molecule has 0 radical (unpaired) electrons. The minimum atomic E-state index is -0.213. The van der Waals surface area contributed by atoms with Crippen LogP contribution in [0, 0.1) is 0 Å². The first-order valence-corrected chi connectivity index (χ1v) is 9.53. The average Bonchev–Trinajstić information content (AvgIpc) is 3.24. The van der Waals surface area contributed by atoms with Gasteiger partial charge in [0.2, 0.25) is 5.91 Å². The quantitative estimate of drug-likeness (QED) is 0.925. The molecule has 2 aliphatic heterocycles. The van der Waals surface area contributed by atoms with Crippen LogP contribution in [-0.2, 0) is 11.3 Å². The molecule has 3 aliphatic rings. The van der Waals surface area contributed by atoms with Gasteiger partial charge in [-0.15, -0.1) is 11.3 Å². The lowest BCUT2D eigenvalue weighted by atomic mass is 9.92. The van der Waals surface area contributed by atoms with Crippen LogP contribution in [0.2, 0.25) is 0 Å². The third-order valence-corrected chi connectivity index (χ3v) is 6.25. The van der Waals surface area contributed by atoms with E-state index in [1.54, 1.807) is 16.2 Å². The molecule has 4 rings (SSSR count). The lowest BCUT2D eigenvalue weighted by molar-refractivity contribution is -0.137. The minimum Gasteiger partial charge on any atom is -0.314 e. The van der Waals surface area contributed by atoms with Gasteiger partial charge in [-0.3, -0.25) is 9.69 Å². The van der Waals surface area contributed by atoms with Crippen molar-refractivity contribution in [1.82, 2.24) is 15.1 Å². The first-order chi connectivity index (χ1) is 11.3. The summed E-state index contributed by atoms with van der Waals surface area (Å²) in [6.45, 7) is 1.43. The van der Waals surface area contributed by atoms with Crippen molar-refractivity contribution < 1.29 is 9.59 Å². The van der Waals surface area contributed by atoms with Crippen molar-refractivity contribution in [3.8, 4) is 0 Å². The Kier molecular flexibility index (Phi) is 4.11. The summed E-state index contributed by atoms with van der Waals surface area (Å²) in [6.07, 6.45) is 6.24. The highest BCUT2D eigenvalue weighted by Gasteiger charge is 2.50. The first kappa shape index (κ1) is 15.1. The second-order valence-electron chi connectivity index (χ2n) is 6.78. The highest BCUT2D eigenvalue weighted by molar-refractivity contribution is 7.09. The van der Waals surface area contributed by atoms with Gasteiger partial charge in [-0.1, -0.05) is 25.3 Å². The fraction of sp³-hybridized carbons (Fsp3) is 0.647. The van der Waals surface area contributed by atoms with Gasteiger partial charge in [-0.05, 0) is 37.3 Å². The van der Waals surface area contributed by atoms with Crippen molar-refractivity contribution in [2.75, 3.05) is 6.54 Å². The van der Waals surface area contributed by atoms with Crippen molar-refractivity contribution in [1.29, 1.82) is 0 Å². The smallest absolute Gasteiger partial charge is 0.314 e. The van der Waals surface area contributed by atoms with E-state index in [-0.39, 0.29) is 30.1 Å². The Labute approximate surface area is 140 Å². The fourth-order valence-electron chi connectivity index (χ4n) is 4.23. The Balaban J connectivity index is 1.61. The van der Waals surface area contributed by atoms with Gasteiger partial charge >= 0.3 is 6.03 Å². The van der Waals surface area contributed by atoms with Gasteiger partial charge in [0.05, 0.1) is 12.6 Å². The van der Waals surface area contributed by atoms with Crippen LogP contribution in [-0.4, -0.2) is 46.4 Å². The maximum atomic E-state index is 13.1. The molecule has 3 heterocycles. The van der Waals surface area contributed by atoms with Crippen LogP contribution in [0.3, 0.4) is 0 Å². The number of carbonyl (C=O) groups excluding carboxylic acids is 2. The van der Waals surface area contributed by atoms with Gasteiger partial charge in [-0.25, -0.2) is 4.79 Å². The van der Waals surface area contributed by atoms with Crippen LogP contribution in [0.5, 0.6) is 0 Å². The molecule has 1 saturated carbocycles. The fourth-order valence-corrected chi connectivity index (χ4v) is 4.93. The van der Waals surface area contributed by atoms with Crippen molar-refractivity contribution in [2.45, 2.75) is 63.2 Å². The van der Waals surface area contributed by atoms with E-state index in [1.807, 2.05) is 16.3 Å². The Morgan fingerprint density at radius 1 is 1.17 bits per heavy atom. The van der Waals surface area contributed by atoms with Crippen LogP contribution in [0.25, 0.3) is 0 Å². The molecule has 0 spiro atoms. The van der Waals surface area contributed by atoms with Crippen LogP contribution >= 0.6 is 11.3 Å². The Morgan fingerprint density at radius 3 is 2.74 bits per heavy atom. The topological polar surface area (TPSA) is 52.7 Å². The molecular formula is C17H23N3O2S. The average molecular weight is 333 g/mol. The summed E-state index contributed by atoms with van der Waals surface area (Å²) in [7, 11) is 0. The molecule has 5 nitrogen and oxygen atoms in total. The number of nitrogens with zero attached hydrogens (tertiary/aromatic N) is 2. The normalized spacial score (nSPS) is 29.2. The molecule has 0 bridgehead atoms. The summed E-state index contributed by atoms with van der Waals surface area (Å²) < 4.78 is 0. The molecule has 1 aromatic heterocycles. The Morgan fingerprint density at radius 2 is 2.00 bits per heavy atom. The van der Waals surface area contributed by atoms with Crippen LogP contribution in [0.15, 0.2) is 17.5 Å². The van der Waals surface area contributed by atoms with Gasteiger partial charge in [0.25, 0.3) is 0 Å². The predicted octanol–water partition coefficient (Wildman–Crippen LogP) is 2.58. The van der Waals surface area contributed by atoms with E-state index in [2.05, 4.69) is 11.4 Å². The molecule has 1 N–H and O–H groups in total. The van der Waals surface area contributed by atoms with E-state index in [0.717, 1.165) is 38.6 Å². The lowest BCUT2D eigenvalue weighted by Crippen LogP contribution is -2.66. The third-order valence-electron chi connectivity index (χ3n) is 5.39. The molecule has 3 amide bonds. The zero-order chi connectivity index (χ0) is 15.8. The van der Waals surface area contributed by atoms with E-state index in [0.29, 0.717) is 6.54 Å². The summed E-state index contributed by atoms with van der Waals surface area (Å²) >= 11 is 1.67. The molecule has 3 fully saturated rings. The Bertz CT molecular complexity index is 583. The van der Waals surface area contributed by atoms with Gasteiger partial charge in [0, 0.05) is 10.9 Å². The van der Waals surface area contributed by atoms with Gasteiger partial charge in [0.1, 0.15) is 6.04 Å². The number of rotatable bonds is 3. The largest absolute Gasteiger partial charge is 0.327 e. The first-order valence-electron chi connectivity index (χ1n) is 8.65. The SMILES string of the molecule is O=C1[C@H]2NCC[C@@H]2N(Cc2cccs2)C(=O)N1C1CCCCC1. The molecular weight excluding hydrogens is 310 g/mol. The van der Waals surface area contributed by atoms with E-state index >= 15 is 0 Å². The number of amides is 3. The Hall–Kier alpha value is -1.40. The summed E-state index contributed by atoms with van der Waals surface area (Å²) in [5.74, 6) is 0.00632. The molecule has 0 aromatic carbocycles. The molecule has 2 saturated heterocycles. The van der Waals surface area contributed by atoms with E-state index in [1.165, 1.54) is 11.3 Å². The van der Waals surface area contributed by atoms with Gasteiger partial charge in [-0.2, -0.15) is 0 Å². The summed E-state index contributed by atoms with van der Waals surface area (Å²) in [5, 5.41) is 5.37. The second kappa shape index (κ2) is 6.24. The number of fused-ring (bicyclic) bond motifs is 1. The lowest BCUT2D eigenvalue weighted by Gasteiger charge is -2.45. The van der Waals surface area contributed by atoms with Crippen molar-refractivity contribution >= 4 is 23.3 Å². The highest BCUT2D eigenvalue weighted by Crippen LogP contribution is 2.32. The molecule has 1 aliphatic carbocycles. The standard InChI is InChI=1S/C17H23N3O2S/c21-16-15-14(8-9-18-15)19(11-13-7-4-10-23-13)17(22)20(16)12-5-2-1-3-6-12/h4,7,10,12,14-15,18H,1-3,5-6,8-9,11H2/t14-,15-/m0/s1. The second-order valence-corrected chi connectivity index (χ2v) is 7.81. The number of hydrogen-bond acceptors (Lipinski definition) is 4. The number of hydrogen-bond donors (Lipinski definition) is 1. The summed E-state index contributed by atoms with van der Waals surface area (Å²) in [4.78, 5) is 30.7. The van der Waals surface area contributed by atoms with Gasteiger partial charge in [0.15, 0.2) is 0 Å².